The number of hydrogen-bond donors (Lipinski definition) is 2. The molecule has 0 aliphatic rings. The Morgan fingerprint density at radius 1 is 1.12 bits per heavy atom. The second-order valence-corrected chi connectivity index (χ2v) is 5.49. The van der Waals surface area contributed by atoms with E-state index in [1.54, 1.807) is 25.1 Å². The van der Waals surface area contributed by atoms with Crippen LogP contribution in [-0.2, 0) is 23.9 Å². The summed E-state index contributed by atoms with van der Waals surface area (Å²) < 4.78 is 9.28. The van der Waals surface area contributed by atoms with Crippen molar-refractivity contribution in [2.24, 2.45) is 5.92 Å². The topological polar surface area (TPSA) is 111 Å². The van der Waals surface area contributed by atoms with Crippen LogP contribution in [0.2, 0.25) is 0 Å². The lowest BCUT2D eigenvalue weighted by Gasteiger charge is -2.22. The molecule has 0 unspecified atom stereocenters. The number of carbonyl (C=O) groups excluding carboxylic acids is 4. The molecule has 25 heavy (non-hydrogen) atoms. The summed E-state index contributed by atoms with van der Waals surface area (Å²) in [5.41, 5.74) is 0.711. The molecule has 0 aliphatic heterocycles. The zero-order chi connectivity index (χ0) is 19.0. The average Bonchev–Trinajstić information content (AvgIpc) is 2.58. The third kappa shape index (κ3) is 6.25. The first-order valence-corrected chi connectivity index (χ1v) is 7.61. The van der Waals surface area contributed by atoms with Crippen LogP contribution >= 0.6 is 0 Å². The highest BCUT2D eigenvalue weighted by atomic mass is 16.5. The number of benzene rings is 1. The predicted octanol–water partition coefficient (Wildman–Crippen LogP) is 1.12. The van der Waals surface area contributed by atoms with Crippen molar-refractivity contribution in [3.05, 3.63) is 29.8 Å². The first-order valence-electron chi connectivity index (χ1n) is 7.61. The fourth-order valence-corrected chi connectivity index (χ4v) is 2.19. The fourth-order valence-electron chi connectivity index (χ4n) is 2.19. The molecule has 0 heterocycles. The molecule has 0 saturated carbocycles. The molecule has 0 spiro atoms. The number of nitrogens with one attached hydrogen (secondary N) is 2. The molecule has 8 heteroatoms. The monoisotopic (exact) mass is 350 g/mol. The smallest absolute Gasteiger partial charge is 0.328 e. The molecule has 0 saturated heterocycles. The van der Waals surface area contributed by atoms with Gasteiger partial charge in [-0.05, 0) is 24.1 Å². The first kappa shape index (κ1) is 20.1. The molecule has 2 N–H and O–H groups in total. The Morgan fingerprint density at radius 2 is 1.80 bits per heavy atom. The van der Waals surface area contributed by atoms with Gasteiger partial charge in [0.2, 0.25) is 5.91 Å². The maximum absolute atomic E-state index is 12.4. The summed E-state index contributed by atoms with van der Waals surface area (Å²) in [5, 5.41) is 5.13. The molecule has 1 rings (SSSR count). The Morgan fingerprint density at radius 3 is 2.36 bits per heavy atom. The molecule has 2 atom stereocenters. The SMILES string of the molecule is COC(=O)C[C@H](C)[C@@H](NC(=O)c1cccc(NC(C)=O)c1)C(=O)OC. The number of hydrogen-bond acceptors (Lipinski definition) is 6. The van der Waals surface area contributed by atoms with Gasteiger partial charge in [-0.3, -0.25) is 14.4 Å². The van der Waals surface area contributed by atoms with Crippen molar-refractivity contribution >= 4 is 29.4 Å². The maximum atomic E-state index is 12.4. The number of esters is 2. The van der Waals surface area contributed by atoms with Gasteiger partial charge in [-0.15, -0.1) is 0 Å². The summed E-state index contributed by atoms with van der Waals surface area (Å²) in [7, 11) is 2.44. The fraction of sp³-hybridized carbons (Fsp3) is 0.412. The minimum absolute atomic E-state index is 0.0531. The summed E-state index contributed by atoms with van der Waals surface area (Å²) in [4.78, 5) is 46.9. The van der Waals surface area contributed by atoms with Gasteiger partial charge in [-0.2, -0.15) is 0 Å². The van der Waals surface area contributed by atoms with E-state index in [1.807, 2.05) is 0 Å². The number of rotatable bonds is 7. The van der Waals surface area contributed by atoms with E-state index in [4.69, 9.17) is 4.74 Å². The van der Waals surface area contributed by atoms with Crippen molar-refractivity contribution in [1.82, 2.24) is 5.32 Å². The van der Waals surface area contributed by atoms with Gasteiger partial charge >= 0.3 is 11.9 Å². The van der Waals surface area contributed by atoms with Crippen LogP contribution in [0.5, 0.6) is 0 Å². The molecule has 136 valence electrons. The number of carbonyl (C=O) groups is 4. The highest BCUT2D eigenvalue weighted by Gasteiger charge is 2.30. The van der Waals surface area contributed by atoms with Crippen molar-refractivity contribution in [3.63, 3.8) is 0 Å². The highest BCUT2D eigenvalue weighted by Crippen LogP contribution is 2.14. The summed E-state index contributed by atoms with van der Waals surface area (Å²) in [6.45, 7) is 2.99. The Kier molecular flexibility index (Phi) is 7.58. The van der Waals surface area contributed by atoms with Gasteiger partial charge in [0, 0.05) is 18.2 Å². The van der Waals surface area contributed by atoms with Crippen LogP contribution < -0.4 is 10.6 Å². The van der Waals surface area contributed by atoms with Crippen molar-refractivity contribution in [2.45, 2.75) is 26.3 Å². The number of amides is 2. The van der Waals surface area contributed by atoms with Gasteiger partial charge < -0.3 is 20.1 Å². The van der Waals surface area contributed by atoms with Crippen LogP contribution in [0.3, 0.4) is 0 Å². The molecule has 0 bridgehead atoms. The van der Waals surface area contributed by atoms with Crippen LogP contribution in [0.25, 0.3) is 0 Å². The normalized spacial score (nSPS) is 12.5. The van der Waals surface area contributed by atoms with Crippen molar-refractivity contribution in [2.75, 3.05) is 19.5 Å². The molecular weight excluding hydrogens is 328 g/mol. The summed E-state index contributed by atoms with van der Waals surface area (Å²) in [5.74, 6) is -2.48. The van der Waals surface area contributed by atoms with Crippen molar-refractivity contribution in [3.8, 4) is 0 Å². The predicted molar refractivity (Wildman–Crippen MR) is 89.8 cm³/mol. The lowest BCUT2D eigenvalue weighted by Crippen LogP contribution is -2.46. The Balaban J connectivity index is 2.92. The van der Waals surface area contributed by atoms with Gasteiger partial charge in [0.15, 0.2) is 0 Å². The molecule has 0 aliphatic carbocycles. The van der Waals surface area contributed by atoms with Crippen LogP contribution in [0.1, 0.15) is 30.6 Å². The van der Waals surface area contributed by atoms with E-state index >= 15 is 0 Å². The Bertz CT molecular complexity index is 658. The standard InChI is InChI=1S/C17H22N2O6/c1-10(8-14(21)24-3)15(17(23)25-4)19-16(22)12-6-5-7-13(9-12)18-11(2)20/h5-7,9-10,15H,8H2,1-4H3,(H,18,20)(H,19,22)/t10-,15+/m0/s1. The van der Waals surface area contributed by atoms with Gasteiger partial charge in [-0.25, -0.2) is 4.79 Å². The minimum Gasteiger partial charge on any atom is -0.469 e. The van der Waals surface area contributed by atoms with E-state index in [9.17, 15) is 19.2 Å². The Hall–Kier alpha value is -2.90. The summed E-state index contributed by atoms with van der Waals surface area (Å²) >= 11 is 0. The van der Waals surface area contributed by atoms with Gasteiger partial charge in [0.1, 0.15) is 6.04 Å². The molecular formula is C17H22N2O6. The molecule has 2 amide bonds. The van der Waals surface area contributed by atoms with E-state index in [2.05, 4.69) is 15.4 Å². The van der Waals surface area contributed by atoms with Gasteiger partial charge in [0.05, 0.1) is 20.6 Å². The molecule has 0 fully saturated rings. The van der Waals surface area contributed by atoms with Crippen LogP contribution in [0.15, 0.2) is 24.3 Å². The summed E-state index contributed by atoms with van der Waals surface area (Å²) in [6, 6.07) is 5.25. The largest absolute Gasteiger partial charge is 0.469 e. The minimum atomic E-state index is -1.01. The van der Waals surface area contributed by atoms with Crippen LogP contribution in [-0.4, -0.2) is 44.0 Å². The zero-order valence-electron chi connectivity index (χ0n) is 14.6. The average molecular weight is 350 g/mol. The van der Waals surface area contributed by atoms with E-state index in [0.717, 1.165) is 0 Å². The second kappa shape index (κ2) is 9.41. The van der Waals surface area contributed by atoms with Gasteiger partial charge in [0.25, 0.3) is 5.91 Å². The lowest BCUT2D eigenvalue weighted by molar-refractivity contribution is -0.146. The van der Waals surface area contributed by atoms with Gasteiger partial charge in [-0.1, -0.05) is 13.0 Å². The third-order valence-electron chi connectivity index (χ3n) is 3.47. The Labute approximate surface area is 145 Å². The molecule has 0 aromatic heterocycles. The third-order valence-corrected chi connectivity index (χ3v) is 3.47. The van der Waals surface area contributed by atoms with Crippen LogP contribution in [0, 0.1) is 5.92 Å². The lowest BCUT2D eigenvalue weighted by atomic mass is 9.97. The molecule has 8 nitrogen and oxygen atoms in total. The quantitative estimate of drug-likeness (QED) is 0.713. The number of methoxy groups -OCH3 is 2. The highest BCUT2D eigenvalue weighted by molar-refractivity contribution is 5.98. The van der Waals surface area contributed by atoms with E-state index < -0.39 is 29.8 Å². The molecule has 1 aromatic rings. The number of anilines is 1. The molecule has 1 aromatic carbocycles. The van der Waals surface area contributed by atoms with E-state index in [1.165, 1.54) is 27.2 Å². The summed E-state index contributed by atoms with van der Waals surface area (Å²) in [6.07, 6.45) is -0.0531. The van der Waals surface area contributed by atoms with E-state index in [-0.39, 0.29) is 17.9 Å². The first-order chi connectivity index (χ1) is 11.8. The molecule has 0 radical (unpaired) electrons. The van der Waals surface area contributed by atoms with E-state index in [0.29, 0.717) is 5.69 Å². The van der Waals surface area contributed by atoms with Crippen LogP contribution in [0.4, 0.5) is 5.69 Å². The van der Waals surface area contributed by atoms with Crippen molar-refractivity contribution in [1.29, 1.82) is 0 Å². The zero-order valence-corrected chi connectivity index (χ0v) is 14.6. The number of ether oxygens (including phenoxy) is 2. The maximum Gasteiger partial charge on any atom is 0.328 e. The second-order valence-electron chi connectivity index (χ2n) is 5.49. The van der Waals surface area contributed by atoms with Crippen molar-refractivity contribution < 1.29 is 28.7 Å².